The number of carbonyl (C=O) groups excluding carboxylic acids is 3. The zero-order valence-electron chi connectivity index (χ0n) is 21.9. The first-order valence-electron chi connectivity index (χ1n) is 13.0. The van der Waals surface area contributed by atoms with Gasteiger partial charge in [-0.2, -0.15) is 0 Å². The summed E-state index contributed by atoms with van der Waals surface area (Å²) >= 11 is 0. The summed E-state index contributed by atoms with van der Waals surface area (Å²) in [6.45, 7) is 9.41. The van der Waals surface area contributed by atoms with Crippen molar-refractivity contribution in [3.05, 3.63) is 35.9 Å². The number of likely N-dealkylation sites (tertiary alicyclic amines) is 2. The summed E-state index contributed by atoms with van der Waals surface area (Å²) < 4.78 is 0. The third-order valence-electron chi connectivity index (χ3n) is 7.20. The monoisotopic (exact) mass is 500 g/mol. The maximum absolute atomic E-state index is 13.5. The first kappa shape index (κ1) is 27.5. The van der Waals surface area contributed by atoms with E-state index in [1.54, 1.807) is 16.7 Å². The molecule has 2 heterocycles. The average Bonchev–Trinajstić information content (AvgIpc) is 3.48. The number of hydrogen-bond donors (Lipinski definition) is 2. The largest absolute Gasteiger partial charge is 0.465 e. The van der Waals surface area contributed by atoms with Crippen LogP contribution < -0.4 is 5.32 Å². The van der Waals surface area contributed by atoms with Gasteiger partial charge in [-0.05, 0) is 43.6 Å². The molecule has 0 aliphatic carbocycles. The number of ketones is 1. The minimum absolute atomic E-state index is 0.196. The van der Waals surface area contributed by atoms with Crippen molar-refractivity contribution in [3.63, 3.8) is 0 Å². The zero-order valence-corrected chi connectivity index (χ0v) is 21.9. The SMILES string of the molecule is CCCCC(C(=O)C(=O)N[C@H](C)c1ccccc1)N(C(=O)O)C1CC(C)(C)CN1C(=O)N1CCCC1. The molecule has 0 spiro atoms. The molecule has 198 valence electrons. The van der Waals surface area contributed by atoms with E-state index in [0.717, 1.165) is 29.7 Å². The maximum atomic E-state index is 13.5. The van der Waals surface area contributed by atoms with Gasteiger partial charge in [0.25, 0.3) is 5.91 Å². The van der Waals surface area contributed by atoms with Crippen LogP contribution in [0.1, 0.15) is 77.8 Å². The summed E-state index contributed by atoms with van der Waals surface area (Å²) in [7, 11) is 0. The molecule has 1 aromatic rings. The molecule has 36 heavy (non-hydrogen) atoms. The van der Waals surface area contributed by atoms with Crippen molar-refractivity contribution in [2.24, 2.45) is 5.41 Å². The van der Waals surface area contributed by atoms with Crippen LogP contribution in [0.25, 0.3) is 0 Å². The van der Waals surface area contributed by atoms with Gasteiger partial charge in [0.15, 0.2) is 0 Å². The number of Topliss-reactive ketones (excluding diaryl/α,β-unsaturated/α-hetero) is 1. The molecule has 9 nitrogen and oxygen atoms in total. The fraction of sp³-hybridized carbons (Fsp3) is 0.630. The topological polar surface area (TPSA) is 110 Å². The third-order valence-corrected chi connectivity index (χ3v) is 7.20. The average molecular weight is 501 g/mol. The van der Waals surface area contributed by atoms with Crippen LogP contribution in [0.4, 0.5) is 9.59 Å². The number of rotatable bonds is 9. The summed E-state index contributed by atoms with van der Waals surface area (Å²) in [5.41, 5.74) is 0.523. The maximum Gasteiger partial charge on any atom is 0.409 e. The lowest BCUT2D eigenvalue weighted by molar-refractivity contribution is -0.142. The van der Waals surface area contributed by atoms with Gasteiger partial charge >= 0.3 is 12.1 Å². The van der Waals surface area contributed by atoms with E-state index in [2.05, 4.69) is 5.32 Å². The fourth-order valence-electron chi connectivity index (χ4n) is 5.28. The Labute approximate surface area is 213 Å². The number of benzene rings is 1. The second-order valence-electron chi connectivity index (χ2n) is 10.8. The predicted octanol–water partition coefficient (Wildman–Crippen LogP) is 4.25. The molecule has 0 radical (unpaired) electrons. The second-order valence-corrected chi connectivity index (χ2v) is 10.8. The summed E-state index contributed by atoms with van der Waals surface area (Å²) in [5.74, 6) is -1.60. The van der Waals surface area contributed by atoms with Gasteiger partial charge in [-0.1, -0.05) is 63.9 Å². The van der Waals surface area contributed by atoms with Gasteiger partial charge in [-0.15, -0.1) is 0 Å². The summed E-state index contributed by atoms with van der Waals surface area (Å²) in [4.78, 5) is 57.0. The van der Waals surface area contributed by atoms with Crippen LogP contribution in [-0.2, 0) is 9.59 Å². The molecule has 9 heteroatoms. The van der Waals surface area contributed by atoms with E-state index in [1.165, 1.54) is 0 Å². The number of carbonyl (C=O) groups is 4. The van der Waals surface area contributed by atoms with Crippen molar-refractivity contribution in [3.8, 4) is 0 Å². The molecule has 3 rings (SSSR count). The van der Waals surface area contributed by atoms with Gasteiger partial charge in [0.05, 0.1) is 6.04 Å². The van der Waals surface area contributed by atoms with Crippen LogP contribution in [0.5, 0.6) is 0 Å². The van der Waals surface area contributed by atoms with Crippen molar-refractivity contribution in [2.45, 2.75) is 84.5 Å². The lowest BCUT2D eigenvalue weighted by Crippen LogP contribution is -2.59. The van der Waals surface area contributed by atoms with E-state index >= 15 is 0 Å². The Bertz CT molecular complexity index is 945. The zero-order chi connectivity index (χ0) is 26.5. The number of amides is 4. The van der Waals surface area contributed by atoms with Crippen molar-refractivity contribution in [1.82, 2.24) is 20.0 Å². The minimum Gasteiger partial charge on any atom is -0.465 e. The van der Waals surface area contributed by atoms with E-state index < -0.39 is 36.0 Å². The Balaban J connectivity index is 1.87. The molecular formula is C27H40N4O5. The quantitative estimate of drug-likeness (QED) is 0.493. The Morgan fingerprint density at radius 2 is 1.78 bits per heavy atom. The van der Waals surface area contributed by atoms with Crippen LogP contribution in [0.3, 0.4) is 0 Å². The fourth-order valence-corrected chi connectivity index (χ4v) is 5.28. The highest BCUT2D eigenvalue weighted by molar-refractivity contribution is 6.38. The molecule has 2 saturated heterocycles. The van der Waals surface area contributed by atoms with E-state index in [1.807, 2.05) is 51.1 Å². The van der Waals surface area contributed by atoms with E-state index in [-0.39, 0.29) is 17.9 Å². The molecular weight excluding hydrogens is 460 g/mol. The van der Waals surface area contributed by atoms with Gasteiger partial charge in [-0.3, -0.25) is 14.5 Å². The number of hydrogen-bond acceptors (Lipinski definition) is 4. The van der Waals surface area contributed by atoms with E-state index in [9.17, 15) is 24.3 Å². The normalized spacial score (nSPS) is 20.6. The van der Waals surface area contributed by atoms with Crippen LogP contribution in [0, 0.1) is 5.41 Å². The van der Waals surface area contributed by atoms with Crippen LogP contribution in [0.2, 0.25) is 0 Å². The van der Waals surface area contributed by atoms with Crippen molar-refractivity contribution in [1.29, 1.82) is 0 Å². The van der Waals surface area contributed by atoms with Crippen LogP contribution in [0.15, 0.2) is 30.3 Å². The van der Waals surface area contributed by atoms with Gasteiger partial charge in [-0.25, -0.2) is 9.59 Å². The smallest absolute Gasteiger partial charge is 0.409 e. The molecule has 4 amide bonds. The summed E-state index contributed by atoms with van der Waals surface area (Å²) in [6, 6.07) is 7.51. The third kappa shape index (κ3) is 6.36. The van der Waals surface area contributed by atoms with Gasteiger partial charge in [0.2, 0.25) is 5.78 Å². The highest BCUT2D eigenvalue weighted by atomic mass is 16.4. The Hall–Kier alpha value is -3.10. The molecule has 2 aliphatic rings. The number of carboxylic acid groups (broad SMARTS) is 1. The first-order valence-corrected chi connectivity index (χ1v) is 13.0. The summed E-state index contributed by atoms with van der Waals surface area (Å²) in [6.07, 6.45) is 1.69. The molecule has 1 aromatic carbocycles. The van der Waals surface area contributed by atoms with Gasteiger partial charge in [0, 0.05) is 19.6 Å². The number of nitrogens with one attached hydrogen (secondary N) is 1. The molecule has 0 bridgehead atoms. The predicted molar refractivity (Wildman–Crippen MR) is 136 cm³/mol. The summed E-state index contributed by atoms with van der Waals surface area (Å²) in [5, 5.41) is 13.1. The minimum atomic E-state index is -1.30. The number of unbranched alkanes of at least 4 members (excludes halogenated alkanes) is 1. The first-order chi connectivity index (χ1) is 17.1. The van der Waals surface area contributed by atoms with Gasteiger partial charge in [0.1, 0.15) is 12.2 Å². The Morgan fingerprint density at radius 3 is 2.36 bits per heavy atom. The molecule has 2 fully saturated rings. The Kier molecular flexibility index (Phi) is 8.98. The Morgan fingerprint density at radius 1 is 1.14 bits per heavy atom. The molecule has 2 aliphatic heterocycles. The second kappa shape index (κ2) is 11.8. The standard InChI is InChI=1S/C27H40N4O5/c1-5-6-14-21(23(32)24(33)28-19(2)20-12-8-7-9-13-20)31(26(35)36)22-17-27(3,4)18-30(22)25(34)29-15-10-11-16-29/h7-9,12-13,19,21-22H,5-6,10-11,14-18H2,1-4H3,(H,28,33)(H,35,36)/t19-,21?,22?/m1/s1. The highest BCUT2D eigenvalue weighted by Crippen LogP contribution is 2.38. The molecule has 0 aromatic heterocycles. The van der Waals surface area contributed by atoms with Crippen molar-refractivity contribution >= 4 is 23.8 Å². The number of nitrogens with zero attached hydrogens (tertiary/aromatic N) is 3. The van der Waals surface area contributed by atoms with Crippen LogP contribution in [-0.4, -0.2) is 75.5 Å². The highest BCUT2D eigenvalue weighted by Gasteiger charge is 2.49. The number of urea groups is 1. The van der Waals surface area contributed by atoms with E-state index in [4.69, 9.17) is 0 Å². The lowest BCUT2D eigenvalue weighted by atomic mass is 9.91. The van der Waals surface area contributed by atoms with Crippen molar-refractivity contribution in [2.75, 3.05) is 19.6 Å². The van der Waals surface area contributed by atoms with Gasteiger partial charge < -0.3 is 20.2 Å². The molecule has 2 N–H and O–H groups in total. The van der Waals surface area contributed by atoms with E-state index in [0.29, 0.717) is 32.5 Å². The van der Waals surface area contributed by atoms with Crippen LogP contribution >= 0.6 is 0 Å². The molecule has 0 saturated carbocycles. The lowest BCUT2D eigenvalue weighted by Gasteiger charge is -2.39. The molecule has 3 atom stereocenters. The molecule has 2 unspecified atom stereocenters. The van der Waals surface area contributed by atoms with Crippen molar-refractivity contribution < 1.29 is 24.3 Å².